The molecule has 1 fully saturated rings. The molecule has 1 aliphatic rings. The van der Waals surface area contributed by atoms with E-state index < -0.39 is 0 Å². The number of hydrogen-bond acceptors (Lipinski definition) is 3. The van der Waals surface area contributed by atoms with Crippen LogP contribution in [0.4, 0.5) is 0 Å². The predicted molar refractivity (Wildman–Crippen MR) is 67.8 cm³/mol. The molecule has 0 radical (unpaired) electrons. The fourth-order valence-corrected chi connectivity index (χ4v) is 2.02. The molecule has 16 heavy (non-hydrogen) atoms. The summed E-state index contributed by atoms with van der Waals surface area (Å²) in [6.07, 6.45) is 3.09. The maximum absolute atomic E-state index is 11.4. The van der Waals surface area contributed by atoms with Crippen molar-refractivity contribution in [3.05, 3.63) is 22.9 Å². The number of ether oxygens (including phenoxy) is 1. The van der Waals surface area contributed by atoms with E-state index in [2.05, 4.69) is 0 Å². The number of carbonyl (C=O) groups excluding carboxylic acids is 1. The molecule has 1 saturated heterocycles. The highest BCUT2D eigenvalue weighted by molar-refractivity contribution is 7.07. The second-order valence-electron chi connectivity index (χ2n) is 4.21. The van der Waals surface area contributed by atoms with Gasteiger partial charge in [0.25, 0.3) is 0 Å². The van der Waals surface area contributed by atoms with E-state index in [4.69, 9.17) is 4.74 Å². The van der Waals surface area contributed by atoms with Crippen LogP contribution in [-0.4, -0.2) is 18.5 Å². The Balaban J connectivity index is 0.000000212. The summed E-state index contributed by atoms with van der Waals surface area (Å²) in [4.78, 5) is 11.4. The summed E-state index contributed by atoms with van der Waals surface area (Å²) in [6.45, 7) is 4.63. The summed E-state index contributed by atoms with van der Waals surface area (Å²) >= 11 is 1.71. The second-order valence-corrected chi connectivity index (χ2v) is 5.02. The van der Waals surface area contributed by atoms with E-state index in [1.807, 2.05) is 36.7 Å². The van der Waals surface area contributed by atoms with E-state index in [1.165, 1.54) is 0 Å². The van der Waals surface area contributed by atoms with Gasteiger partial charge < -0.3 is 4.74 Å². The second kappa shape index (κ2) is 7.58. The van der Waals surface area contributed by atoms with E-state index in [1.54, 1.807) is 11.3 Å². The van der Waals surface area contributed by atoms with E-state index in [0.29, 0.717) is 0 Å². The van der Waals surface area contributed by atoms with E-state index in [9.17, 15) is 4.79 Å². The standard InChI is InChI=1S/C9H16O2.C4H4S/c1-7(2)9(10)8-5-3-4-6-11-8;1-2-4-5-3-1/h7-8H,3-6H2,1-2H3;1-4H. The molecule has 1 aromatic rings. The molecule has 2 rings (SSSR count). The molecule has 1 aromatic heterocycles. The Morgan fingerprint density at radius 3 is 2.38 bits per heavy atom. The third-order valence-corrected chi connectivity index (χ3v) is 3.12. The first kappa shape index (κ1) is 13.4. The van der Waals surface area contributed by atoms with Crippen molar-refractivity contribution in [2.75, 3.05) is 6.61 Å². The van der Waals surface area contributed by atoms with Crippen molar-refractivity contribution in [1.82, 2.24) is 0 Å². The Morgan fingerprint density at radius 1 is 1.31 bits per heavy atom. The van der Waals surface area contributed by atoms with Gasteiger partial charge in [-0.15, -0.1) is 0 Å². The summed E-state index contributed by atoms with van der Waals surface area (Å²) in [7, 11) is 0. The molecule has 0 aliphatic carbocycles. The van der Waals surface area contributed by atoms with Crippen molar-refractivity contribution in [3.8, 4) is 0 Å². The average Bonchev–Trinajstić information content (AvgIpc) is 2.88. The van der Waals surface area contributed by atoms with Crippen LogP contribution in [0.25, 0.3) is 0 Å². The molecular weight excluding hydrogens is 220 g/mol. The highest BCUT2D eigenvalue weighted by atomic mass is 32.1. The average molecular weight is 240 g/mol. The summed E-state index contributed by atoms with van der Waals surface area (Å²) in [5.74, 6) is 0.391. The highest BCUT2D eigenvalue weighted by Gasteiger charge is 2.23. The molecule has 0 amide bonds. The van der Waals surface area contributed by atoms with Crippen molar-refractivity contribution < 1.29 is 9.53 Å². The number of Topliss-reactive ketones (excluding diaryl/α,β-unsaturated/α-hetero) is 1. The number of ketones is 1. The quantitative estimate of drug-likeness (QED) is 0.790. The molecule has 1 unspecified atom stereocenters. The zero-order valence-corrected chi connectivity index (χ0v) is 10.8. The largest absolute Gasteiger partial charge is 0.370 e. The van der Waals surface area contributed by atoms with Gasteiger partial charge in [-0.2, -0.15) is 11.3 Å². The van der Waals surface area contributed by atoms with Crippen LogP contribution in [0, 0.1) is 5.92 Å². The van der Waals surface area contributed by atoms with Crippen molar-refractivity contribution in [2.45, 2.75) is 39.2 Å². The smallest absolute Gasteiger partial charge is 0.164 e. The van der Waals surface area contributed by atoms with Crippen LogP contribution < -0.4 is 0 Å². The van der Waals surface area contributed by atoms with Crippen molar-refractivity contribution >= 4 is 17.1 Å². The predicted octanol–water partition coefficient (Wildman–Crippen LogP) is 3.53. The first-order valence-corrected chi connectivity index (χ1v) is 6.78. The Bertz CT molecular complexity index is 257. The number of rotatable bonds is 2. The molecule has 0 N–H and O–H groups in total. The molecule has 2 nitrogen and oxygen atoms in total. The van der Waals surface area contributed by atoms with Gasteiger partial charge in [0.15, 0.2) is 5.78 Å². The Hall–Kier alpha value is -0.670. The Kier molecular flexibility index (Phi) is 6.34. The lowest BCUT2D eigenvalue weighted by atomic mass is 9.98. The minimum absolute atomic E-state index is 0.0938. The summed E-state index contributed by atoms with van der Waals surface area (Å²) < 4.78 is 5.35. The van der Waals surface area contributed by atoms with Crippen molar-refractivity contribution in [1.29, 1.82) is 0 Å². The third kappa shape index (κ3) is 4.90. The lowest BCUT2D eigenvalue weighted by Crippen LogP contribution is -2.31. The van der Waals surface area contributed by atoms with Gasteiger partial charge in [0.05, 0.1) is 0 Å². The van der Waals surface area contributed by atoms with Crippen LogP contribution in [0.2, 0.25) is 0 Å². The maximum Gasteiger partial charge on any atom is 0.164 e. The fourth-order valence-electron chi connectivity index (χ4n) is 1.56. The van der Waals surface area contributed by atoms with Crippen molar-refractivity contribution in [2.24, 2.45) is 5.92 Å². The molecule has 0 spiro atoms. The third-order valence-electron chi connectivity index (χ3n) is 2.49. The summed E-state index contributed by atoms with van der Waals surface area (Å²) in [5.41, 5.74) is 0. The van der Waals surface area contributed by atoms with Gasteiger partial charge in [-0.1, -0.05) is 26.0 Å². The van der Waals surface area contributed by atoms with Crippen molar-refractivity contribution in [3.63, 3.8) is 0 Å². The van der Waals surface area contributed by atoms with Crippen LogP contribution in [0.15, 0.2) is 22.9 Å². The summed E-state index contributed by atoms with van der Waals surface area (Å²) in [5, 5.41) is 4.08. The number of thiophene rings is 1. The van der Waals surface area contributed by atoms with Gasteiger partial charge in [-0.3, -0.25) is 4.79 Å². The van der Waals surface area contributed by atoms with Crippen LogP contribution in [0.3, 0.4) is 0 Å². The van der Waals surface area contributed by atoms with E-state index in [-0.39, 0.29) is 17.8 Å². The lowest BCUT2D eigenvalue weighted by molar-refractivity contribution is -0.136. The molecule has 1 aliphatic heterocycles. The monoisotopic (exact) mass is 240 g/mol. The minimum atomic E-state index is -0.0938. The van der Waals surface area contributed by atoms with Gasteiger partial charge in [0, 0.05) is 12.5 Å². The van der Waals surface area contributed by atoms with Gasteiger partial charge >= 0.3 is 0 Å². The van der Waals surface area contributed by atoms with E-state index in [0.717, 1.165) is 25.9 Å². The zero-order chi connectivity index (χ0) is 11.8. The maximum atomic E-state index is 11.4. The molecular formula is C13H20O2S. The molecule has 0 saturated carbocycles. The van der Waals surface area contributed by atoms with Gasteiger partial charge in [-0.05, 0) is 30.0 Å². The molecule has 90 valence electrons. The molecule has 0 aromatic carbocycles. The first-order valence-electron chi connectivity index (χ1n) is 5.84. The normalized spacial score (nSPS) is 20.1. The molecule has 1 atom stereocenters. The minimum Gasteiger partial charge on any atom is -0.370 e. The van der Waals surface area contributed by atoms with Gasteiger partial charge in [0.1, 0.15) is 6.10 Å². The van der Waals surface area contributed by atoms with Crippen LogP contribution in [-0.2, 0) is 9.53 Å². The zero-order valence-electron chi connectivity index (χ0n) is 10.0. The molecule has 2 heterocycles. The Labute approximate surface area is 102 Å². The van der Waals surface area contributed by atoms with Gasteiger partial charge in [0.2, 0.25) is 0 Å². The number of carbonyl (C=O) groups is 1. The summed E-state index contributed by atoms with van der Waals surface area (Å²) in [6, 6.07) is 4.04. The highest BCUT2D eigenvalue weighted by Crippen LogP contribution is 2.16. The van der Waals surface area contributed by atoms with Crippen LogP contribution >= 0.6 is 11.3 Å². The first-order chi connectivity index (χ1) is 7.72. The SMILES string of the molecule is CC(C)C(=O)C1CCCCO1.c1ccsc1. The van der Waals surface area contributed by atoms with Crippen LogP contribution in [0.5, 0.6) is 0 Å². The fraction of sp³-hybridized carbons (Fsp3) is 0.615. The molecule has 3 heteroatoms. The van der Waals surface area contributed by atoms with E-state index >= 15 is 0 Å². The van der Waals surface area contributed by atoms with Gasteiger partial charge in [-0.25, -0.2) is 0 Å². The van der Waals surface area contributed by atoms with Crippen LogP contribution in [0.1, 0.15) is 33.1 Å². The Morgan fingerprint density at radius 2 is 2.00 bits per heavy atom. The lowest BCUT2D eigenvalue weighted by Gasteiger charge is -2.22. The molecule has 0 bridgehead atoms. The number of hydrogen-bond donors (Lipinski definition) is 0. The topological polar surface area (TPSA) is 26.3 Å².